The second-order valence-electron chi connectivity index (χ2n) is 10.8. The second-order valence-corrected chi connectivity index (χ2v) is 13.3. The minimum Gasteiger partial charge on any atom is -0.484 e. The number of nitrogens with zero attached hydrogens (tertiary/aromatic N) is 1. The molecule has 0 saturated heterocycles. The molecule has 5 aromatic rings. The molecule has 0 aliphatic rings. The maximum atomic E-state index is 13.9. The smallest absolute Gasteiger partial charge is 0.261 e. The van der Waals surface area contributed by atoms with Crippen LogP contribution in [-0.2, 0) is 32.7 Å². The van der Waals surface area contributed by atoms with Gasteiger partial charge in [-0.15, -0.1) is 0 Å². The van der Waals surface area contributed by atoms with E-state index in [1.54, 1.807) is 48.5 Å². The Labute approximate surface area is 292 Å². The van der Waals surface area contributed by atoms with E-state index in [1.165, 1.54) is 65.6 Å². The normalized spacial score (nSPS) is 11.8. The van der Waals surface area contributed by atoms with Gasteiger partial charge < -0.3 is 15.0 Å². The summed E-state index contributed by atoms with van der Waals surface area (Å²) in [6, 6.07) is 28.2. The lowest BCUT2D eigenvalue weighted by Gasteiger charge is -2.31. The number of hydrogen-bond donors (Lipinski definition) is 2. The summed E-state index contributed by atoms with van der Waals surface area (Å²) in [6.07, 6.45) is 0. The Morgan fingerprint density at radius 1 is 0.796 bits per heavy atom. The van der Waals surface area contributed by atoms with Gasteiger partial charge in [0, 0.05) is 28.8 Å². The van der Waals surface area contributed by atoms with Crippen LogP contribution in [0.4, 0.5) is 14.5 Å². The number of anilines is 1. The van der Waals surface area contributed by atoms with Crippen molar-refractivity contribution in [1.29, 1.82) is 0 Å². The highest BCUT2D eigenvalue weighted by molar-refractivity contribution is 7.92. The molecule has 5 rings (SSSR count). The Kier molecular flexibility index (Phi) is 11.5. The lowest BCUT2D eigenvalue weighted by molar-refractivity contribution is -0.143. The first-order valence-electron chi connectivity index (χ1n) is 14.8. The van der Waals surface area contributed by atoms with Gasteiger partial charge in [-0.1, -0.05) is 71.7 Å². The third-order valence-corrected chi connectivity index (χ3v) is 9.31. The first-order chi connectivity index (χ1) is 23.5. The predicted molar refractivity (Wildman–Crippen MR) is 184 cm³/mol. The molecule has 0 aromatic heterocycles. The summed E-state index contributed by atoms with van der Waals surface area (Å²) in [7, 11) is -4.00. The van der Waals surface area contributed by atoms with Crippen LogP contribution in [0.1, 0.15) is 22.7 Å². The second kappa shape index (κ2) is 16.0. The van der Waals surface area contributed by atoms with Crippen LogP contribution in [0.15, 0.2) is 126 Å². The van der Waals surface area contributed by atoms with Gasteiger partial charge in [0.1, 0.15) is 23.4 Å². The van der Waals surface area contributed by atoms with E-state index in [1.807, 2.05) is 0 Å². The van der Waals surface area contributed by atoms with Crippen LogP contribution in [-0.4, -0.2) is 31.7 Å². The predicted octanol–water partition coefficient (Wildman–Crippen LogP) is 7.54. The molecule has 0 heterocycles. The lowest BCUT2D eigenvalue weighted by atomic mass is 10.0. The SMILES string of the molecule is O=C(NCc1ccc(Cl)cc1Cl)[C@@H](c1ccccc1)N(Cc1ccc(F)cc1)C(=O)COc1ccc(S(=O)(=O)Nc2ccc(F)cc2)cc1. The lowest BCUT2D eigenvalue weighted by Crippen LogP contribution is -2.45. The number of ether oxygens (including phenoxy) is 1. The molecule has 0 unspecified atom stereocenters. The van der Waals surface area contributed by atoms with E-state index in [0.29, 0.717) is 26.7 Å². The molecule has 0 spiro atoms. The average molecular weight is 725 g/mol. The number of amides is 2. The van der Waals surface area contributed by atoms with Crippen LogP contribution in [0.25, 0.3) is 0 Å². The van der Waals surface area contributed by atoms with Gasteiger partial charge in [-0.25, -0.2) is 17.2 Å². The van der Waals surface area contributed by atoms with Crippen LogP contribution in [0, 0.1) is 11.6 Å². The van der Waals surface area contributed by atoms with E-state index in [-0.39, 0.29) is 29.4 Å². The van der Waals surface area contributed by atoms with Crippen molar-refractivity contribution in [2.75, 3.05) is 11.3 Å². The number of halogens is 4. The van der Waals surface area contributed by atoms with Gasteiger partial charge in [0.2, 0.25) is 5.91 Å². The molecule has 252 valence electrons. The summed E-state index contributed by atoms with van der Waals surface area (Å²) in [6.45, 7) is -0.525. The standard InChI is InChI=1S/C36H29Cl2F2N3O5S/c37-27-9-8-26(33(38)20-27)21-41-36(45)35(25-4-2-1-3-5-25)43(22-24-6-10-28(39)11-7-24)34(44)23-48-31-16-18-32(19-17-31)49(46,47)42-30-14-12-29(40)13-15-30/h1-20,35,42H,21-23H2,(H,41,45)/t35-/m1/s1. The molecular weight excluding hydrogens is 695 g/mol. The third kappa shape index (κ3) is 9.56. The number of sulfonamides is 1. The van der Waals surface area contributed by atoms with Crippen LogP contribution < -0.4 is 14.8 Å². The van der Waals surface area contributed by atoms with Gasteiger partial charge in [-0.2, -0.15) is 0 Å². The summed E-state index contributed by atoms with van der Waals surface area (Å²) in [4.78, 5) is 29.0. The van der Waals surface area contributed by atoms with Gasteiger partial charge in [0.05, 0.1) is 4.90 Å². The fourth-order valence-corrected chi connectivity index (χ4v) is 6.37. The fraction of sp³-hybridized carbons (Fsp3) is 0.111. The number of carbonyl (C=O) groups is 2. The highest BCUT2D eigenvalue weighted by atomic mass is 35.5. The molecule has 0 aliphatic heterocycles. The molecule has 0 aliphatic carbocycles. The van der Waals surface area contributed by atoms with E-state index >= 15 is 0 Å². The molecule has 2 N–H and O–H groups in total. The van der Waals surface area contributed by atoms with Crippen molar-refractivity contribution in [2.45, 2.75) is 24.0 Å². The largest absolute Gasteiger partial charge is 0.484 e. The van der Waals surface area contributed by atoms with Crippen LogP contribution in [0.3, 0.4) is 0 Å². The first-order valence-corrected chi connectivity index (χ1v) is 17.0. The molecular formula is C36H29Cl2F2N3O5S. The Morgan fingerprint density at radius 3 is 2.06 bits per heavy atom. The first kappa shape index (κ1) is 35.3. The minimum absolute atomic E-state index is 0.0541. The zero-order chi connectivity index (χ0) is 35.0. The van der Waals surface area contributed by atoms with Gasteiger partial charge >= 0.3 is 0 Å². The zero-order valence-corrected chi connectivity index (χ0v) is 28.0. The maximum Gasteiger partial charge on any atom is 0.261 e. The van der Waals surface area contributed by atoms with Crippen LogP contribution in [0.5, 0.6) is 5.75 Å². The summed E-state index contributed by atoms with van der Waals surface area (Å²) in [5.41, 5.74) is 1.87. The quantitative estimate of drug-likeness (QED) is 0.131. The van der Waals surface area contributed by atoms with Crippen molar-refractivity contribution in [3.63, 3.8) is 0 Å². The van der Waals surface area contributed by atoms with E-state index in [0.717, 1.165) is 12.1 Å². The molecule has 0 fully saturated rings. The average Bonchev–Trinajstić information content (AvgIpc) is 3.09. The van der Waals surface area contributed by atoms with Crippen LogP contribution >= 0.6 is 23.2 Å². The van der Waals surface area contributed by atoms with E-state index < -0.39 is 46.1 Å². The number of nitrogens with one attached hydrogen (secondary N) is 2. The molecule has 5 aromatic carbocycles. The van der Waals surface area contributed by atoms with Gasteiger partial charge in [-0.3, -0.25) is 14.3 Å². The van der Waals surface area contributed by atoms with Crippen molar-refractivity contribution in [3.05, 3.63) is 160 Å². The van der Waals surface area contributed by atoms with E-state index in [4.69, 9.17) is 27.9 Å². The molecule has 49 heavy (non-hydrogen) atoms. The van der Waals surface area contributed by atoms with Gasteiger partial charge in [0.25, 0.3) is 15.9 Å². The monoisotopic (exact) mass is 723 g/mol. The molecule has 0 radical (unpaired) electrons. The number of hydrogen-bond acceptors (Lipinski definition) is 5. The van der Waals surface area contributed by atoms with E-state index in [2.05, 4.69) is 10.0 Å². The number of carbonyl (C=O) groups excluding carboxylic acids is 2. The van der Waals surface area contributed by atoms with Crippen molar-refractivity contribution in [1.82, 2.24) is 10.2 Å². The molecule has 0 bridgehead atoms. The topological polar surface area (TPSA) is 105 Å². The Bertz CT molecular complexity index is 2020. The summed E-state index contributed by atoms with van der Waals surface area (Å²) in [5.74, 6) is -1.85. The molecule has 8 nitrogen and oxygen atoms in total. The van der Waals surface area contributed by atoms with Crippen molar-refractivity contribution in [3.8, 4) is 5.75 Å². The summed E-state index contributed by atoms with van der Waals surface area (Å²) < 4.78 is 60.7. The zero-order valence-electron chi connectivity index (χ0n) is 25.7. The molecule has 0 saturated carbocycles. The fourth-order valence-electron chi connectivity index (χ4n) is 4.84. The van der Waals surface area contributed by atoms with Crippen molar-refractivity contribution < 1.29 is 31.5 Å². The number of benzene rings is 5. The van der Waals surface area contributed by atoms with E-state index in [9.17, 15) is 26.8 Å². The number of rotatable bonds is 13. The van der Waals surface area contributed by atoms with Gasteiger partial charge in [-0.05, 0) is 89.5 Å². The van der Waals surface area contributed by atoms with Gasteiger partial charge in [0.15, 0.2) is 6.61 Å². The van der Waals surface area contributed by atoms with Crippen molar-refractivity contribution >= 4 is 50.7 Å². The van der Waals surface area contributed by atoms with Crippen molar-refractivity contribution in [2.24, 2.45) is 0 Å². The minimum atomic E-state index is -4.00. The van der Waals surface area contributed by atoms with Crippen LogP contribution in [0.2, 0.25) is 10.0 Å². The molecule has 1 atom stereocenters. The summed E-state index contributed by atoms with van der Waals surface area (Å²) in [5, 5.41) is 3.66. The Balaban J connectivity index is 1.36. The Morgan fingerprint density at radius 2 is 1.43 bits per heavy atom. The third-order valence-electron chi connectivity index (χ3n) is 7.32. The molecule has 13 heteroatoms. The summed E-state index contributed by atoms with van der Waals surface area (Å²) >= 11 is 12.3. The molecule has 2 amide bonds. The Hall–Kier alpha value is -4.97. The highest BCUT2D eigenvalue weighted by Gasteiger charge is 2.32. The highest BCUT2D eigenvalue weighted by Crippen LogP contribution is 2.27. The maximum absolute atomic E-state index is 13.9.